The van der Waals surface area contributed by atoms with Gasteiger partial charge in [0.05, 0.1) is 11.1 Å². The van der Waals surface area contributed by atoms with Gasteiger partial charge in [0, 0.05) is 21.6 Å². The van der Waals surface area contributed by atoms with E-state index in [0.717, 1.165) is 15.9 Å². The summed E-state index contributed by atoms with van der Waals surface area (Å²) < 4.78 is 0.776. The maximum atomic E-state index is 12.2. The molecule has 1 N–H and O–H groups in total. The lowest BCUT2D eigenvalue weighted by Crippen LogP contribution is -2.28. The smallest absolute Gasteiger partial charge is 0.251 e. The van der Waals surface area contributed by atoms with Crippen molar-refractivity contribution in [2.45, 2.75) is 19.4 Å². The summed E-state index contributed by atoms with van der Waals surface area (Å²) in [6, 6.07) is 5.09. The van der Waals surface area contributed by atoms with Crippen LogP contribution in [-0.4, -0.2) is 10.9 Å². The first-order valence-corrected chi connectivity index (χ1v) is 7.82. The summed E-state index contributed by atoms with van der Waals surface area (Å²) in [5, 5.41) is 6.31. The van der Waals surface area contributed by atoms with Crippen LogP contribution in [0.25, 0.3) is 0 Å². The zero-order chi connectivity index (χ0) is 13.8. The molecule has 0 radical (unpaired) electrons. The van der Waals surface area contributed by atoms with E-state index in [1.165, 1.54) is 11.3 Å². The van der Waals surface area contributed by atoms with Crippen LogP contribution in [0.3, 0.4) is 0 Å². The van der Waals surface area contributed by atoms with Gasteiger partial charge < -0.3 is 5.32 Å². The molecule has 6 heteroatoms. The Morgan fingerprint density at radius 2 is 2.37 bits per heavy atom. The maximum Gasteiger partial charge on any atom is 0.251 e. The topological polar surface area (TPSA) is 42.0 Å². The molecule has 2 aromatic rings. The molecule has 0 fully saturated rings. The normalized spacial score (nSPS) is 12.2. The summed E-state index contributed by atoms with van der Waals surface area (Å²) in [7, 11) is 0. The summed E-state index contributed by atoms with van der Waals surface area (Å²) in [4.78, 5) is 16.4. The summed E-state index contributed by atoms with van der Waals surface area (Å²) in [6.45, 7) is 2.01. The number of hydrogen-bond donors (Lipinski definition) is 1. The Morgan fingerprint density at radius 1 is 1.58 bits per heavy atom. The van der Waals surface area contributed by atoms with Gasteiger partial charge in [-0.25, -0.2) is 4.98 Å². The molecule has 0 bridgehead atoms. The molecule has 1 atom stereocenters. The third-order valence-corrected chi connectivity index (χ3v) is 4.77. The number of rotatable bonds is 4. The third-order valence-electron chi connectivity index (χ3n) is 2.64. The minimum atomic E-state index is -0.142. The highest BCUT2D eigenvalue weighted by Crippen LogP contribution is 2.24. The van der Waals surface area contributed by atoms with Gasteiger partial charge in [0.2, 0.25) is 0 Å². The molecule has 1 aromatic heterocycles. The number of carbonyl (C=O) groups excluding carboxylic acids is 1. The Labute approximate surface area is 129 Å². The van der Waals surface area contributed by atoms with Crippen molar-refractivity contribution < 1.29 is 4.79 Å². The number of halogens is 2. The van der Waals surface area contributed by atoms with Gasteiger partial charge in [-0.1, -0.05) is 18.5 Å². The van der Waals surface area contributed by atoms with Crippen molar-refractivity contribution in [2.75, 3.05) is 0 Å². The predicted molar refractivity (Wildman–Crippen MR) is 81.8 cm³/mol. The molecule has 0 aliphatic carbocycles. The van der Waals surface area contributed by atoms with Crippen molar-refractivity contribution in [3.05, 3.63) is 49.8 Å². The Hall–Kier alpha value is -0.910. The monoisotopic (exact) mass is 358 g/mol. The number of thiazole rings is 1. The van der Waals surface area contributed by atoms with Gasteiger partial charge >= 0.3 is 0 Å². The minimum absolute atomic E-state index is 0.0603. The predicted octanol–water partition coefficient (Wildman–Crippen LogP) is 4.44. The van der Waals surface area contributed by atoms with Gasteiger partial charge in [-0.3, -0.25) is 4.79 Å². The SMILES string of the molecule is CCC(NC(=O)c1ccc(Br)c(Cl)c1)c1nccs1. The Bertz CT molecular complexity index is 574. The van der Waals surface area contributed by atoms with E-state index in [1.54, 1.807) is 24.4 Å². The minimum Gasteiger partial charge on any atom is -0.343 e. The first-order chi connectivity index (χ1) is 9.11. The molecule has 0 spiro atoms. The number of benzene rings is 1. The molecule has 0 saturated heterocycles. The average molecular weight is 360 g/mol. The lowest BCUT2D eigenvalue weighted by Gasteiger charge is -2.14. The van der Waals surface area contributed by atoms with Crippen molar-refractivity contribution in [3.8, 4) is 0 Å². The van der Waals surface area contributed by atoms with Crippen LogP contribution >= 0.6 is 38.9 Å². The van der Waals surface area contributed by atoms with Crippen molar-refractivity contribution in [3.63, 3.8) is 0 Å². The Balaban J connectivity index is 2.13. The van der Waals surface area contributed by atoms with E-state index >= 15 is 0 Å². The van der Waals surface area contributed by atoms with Crippen LogP contribution in [0.5, 0.6) is 0 Å². The fraction of sp³-hybridized carbons (Fsp3) is 0.231. The molecule has 1 aromatic carbocycles. The summed E-state index contributed by atoms with van der Waals surface area (Å²) in [5.41, 5.74) is 0.545. The van der Waals surface area contributed by atoms with E-state index in [-0.39, 0.29) is 11.9 Å². The molecule has 0 aliphatic rings. The number of aromatic nitrogens is 1. The quantitative estimate of drug-likeness (QED) is 0.877. The number of hydrogen-bond acceptors (Lipinski definition) is 3. The van der Waals surface area contributed by atoms with Crippen LogP contribution in [0, 0.1) is 0 Å². The second kappa shape index (κ2) is 6.50. The molecule has 0 saturated carbocycles. The molecule has 1 heterocycles. The van der Waals surface area contributed by atoms with E-state index in [1.807, 2.05) is 12.3 Å². The highest BCUT2D eigenvalue weighted by molar-refractivity contribution is 9.10. The standard InChI is InChI=1S/C13H12BrClN2OS/c1-2-11(13-16-5-6-19-13)17-12(18)8-3-4-9(14)10(15)7-8/h3-7,11H,2H2,1H3,(H,17,18). The van der Waals surface area contributed by atoms with E-state index in [0.29, 0.717) is 10.6 Å². The second-order valence-corrected chi connectivity index (χ2v) is 6.12. The lowest BCUT2D eigenvalue weighted by molar-refractivity contribution is 0.0935. The lowest BCUT2D eigenvalue weighted by atomic mass is 10.2. The van der Waals surface area contributed by atoms with E-state index in [4.69, 9.17) is 11.6 Å². The van der Waals surface area contributed by atoms with Gasteiger partial charge in [0.1, 0.15) is 5.01 Å². The molecular formula is C13H12BrClN2OS. The van der Waals surface area contributed by atoms with Gasteiger partial charge in [-0.2, -0.15) is 0 Å². The largest absolute Gasteiger partial charge is 0.343 e. The number of nitrogens with one attached hydrogen (secondary N) is 1. The van der Waals surface area contributed by atoms with Gasteiger partial charge in [-0.05, 0) is 40.5 Å². The van der Waals surface area contributed by atoms with Gasteiger partial charge in [0.25, 0.3) is 5.91 Å². The number of carbonyl (C=O) groups is 1. The van der Waals surface area contributed by atoms with Crippen molar-refractivity contribution in [2.24, 2.45) is 0 Å². The first kappa shape index (κ1) is 14.5. The van der Waals surface area contributed by atoms with E-state index in [9.17, 15) is 4.79 Å². The van der Waals surface area contributed by atoms with Crippen LogP contribution in [-0.2, 0) is 0 Å². The van der Waals surface area contributed by atoms with Crippen molar-refractivity contribution >= 4 is 44.8 Å². The van der Waals surface area contributed by atoms with Crippen molar-refractivity contribution in [1.82, 2.24) is 10.3 Å². The van der Waals surface area contributed by atoms with Gasteiger partial charge in [-0.15, -0.1) is 11.3 Å². The third kappa shape index (κ3) is 3.55. The summed E-state index contributed by atoms with van der Waals surface area (Å²) >= 11 is 10.8. The van der Waals surface area contributed by atoms with Crippen molar-refractivity contribution in [1.29, 1.82) is 0 Å². The maximum absolute atomic E-state index is 12.2. The van der Waals surface area contributed by atoms with Gasteiger partial charge in [0.15, 0.2) is 0 Å². The number of amides is 1. The van der Waals surface area contributed by atoms with Crippen LogP contribution in [0.2, 0.25) is 5.02 Å². The molecule has 3 nitrogen and oxygen atoms in total. The molecule has 1 amide bonds. The fourth-order valence-electron chi connectivity index (χ4n) is 1.62. The molecule has 1 unspecified atom stereocenters. The molecule has 0 aliphatic heterocycles. The number of nitrogens with zero attached hydrogens (tertiary/aromatic N) is 1. The van der Waals surface area contributed by atoms with Crippen LogP contribution in [0.15, 0.2) is 34.2 Å². The highest BCUT2D eigenvalue weighted by Gasteiger charge is 2.16. The highest BCUT2D eigenvalue weighted by atomic mass is 79.9. The Kier molecular flexibility index (Phi) is 4.96. The molecule has 2 rings (SSSR count). The van der Waals surface area contributed by atoms with Crippen LogP contribution in [0.1, 0.15) is 34.8 Å². The molecule has 100 valence electrons. The molecular weight excluding hydrogens is 348 g/mol. The zero-order valence-electron chi connectivity index (χ0n) is 10.2. The van der Waals surface area contributed by atoms with E-state index < -0.39 is 0 Å². The van der Waals surface area contributed by atoms with E-state index in [2.05, 4.69) is 26.2 Å². The Morgan fingerprint density at radius 3 is 2.95 bits per heavy atom. The first-order valence-electron chi connectivity index (χ1n) is 5.77. The zero-order valence-corrected chi connectivity index (χ0v) is 13.3. The van der Waals surface area contributed by atoms with Crippen LogP contribution in [0.4, 0.5) is 0 Å². The summed E-state index contributed by atoms with van der Waals surface area (Å²) in [6.07, 6.45) is 2.54. The van der Waals surface area contributed by atoms with Crippen LogP contribution < -0.4 is 5.32 Å². The molecule has 19 heavy (non-hydrogen) atoms. The average Bonchev–Trinajstić information content (AvgIpc) is 2.92. The fourth-order valence-corrected chi connectivity index (χ4v) is 2.82. The summed E-state index contributed by atoms with van der Waals surface area (Å²) in [5.74, 6) is -0.142. The second-order valence-electron chi connectivity index (χ2n) is 3.93.